The van der Waals surface area contributed by atoms with Crippen LogP contribution < -0.4 is 31.3 Å². The van der Waals surface area contributed by atoms with Crippen LogP contribution in [0.4, 0.5) is 11.8 Å². The van der Waals surface area contributed by atoms with Gasteiger partial charge in [-0.15, -0.1) is 5.10 Å². The molecule has 0 radical (unpaired) electrons. The van der Waals surface area contributed by atoms with Crippen LogP contribution in [0.3, 0.4) is 0 Å². The third-order valence-corrected chi connectivity index (χ3v) is 6.93. The van der Waals surface area contributed by atoms with E-state index in [4.69, 9.17) is 4.74 Å². The Hall–Kier alpha value is -2.50. The van der Waals surface area contributed by atoms with Gasteiger partial charge in [0.05, 0.1) is 19.9 Å². The summed E-state index contributed by atoms with van der Waals surface area (Å²) in [5.41, 5.74) is 0.857. The van der Waals surface area contributed by atoms with Crippen molar-refractivity contribution in [3.63, 3.8) is 0 Å². The molecule has 0 atom stereocenters. The van der Waals surface area contributed by atoms with Crippen molar-refractivity contribution in [1.29, 1.82) is 0 Å². The molecule has 4 rings (SSSR count). The first-order valence-corrected chi connectivity index (χ1v) is 13.8. The number of anilines is 2. The highest BCUT2D eigenvalue weighted by Gasteiger charge is 2.15. The molecule has 36 heavy (non-hydrogen) atoms. The number of rotatable bonds is 15. The summed E-state index contributed by atoms with van der Waals surface area (Å²) in [5, 5.41) is 25.9. The van der Waals surface area contributed by atoms with Gasteiger partial charge >= 0.3 is 0 Å². The third kappa shape index (κ3) is 9.18. The van der Waals surface area contributed by atoms with Crippen LogP contribution in [0.2, 0.25) is 0 Å². The minimum atomic E-state index is 0.409. The molecule has 1 aliphatic carbocycles. The predicted octanol–water partition coefficient (Wildman–Crippen LogP) is 2.14. The van der Waals surface area contributed by atoms with Crippen molar-refractivity contribution in [2.75, 3.05) is 50.5 Å². The quantitative estimate of drug-likeness (QED) is 0.232. The van der Waals surface area contributed by atoms with Gasteiger partial charge in [-0.25, -0.2) is 0 Å². The molecular formula is C25H44N10O. The normalized spacial score (nSPS) is 17.2. The molecule has 200 valence electrons. The highest BCUT2D eigenvalue weighted by Crippen LogP contribution is 2.19. The molecule has 11 heteroatoms. The number of nitrogens with one attached hydrogen (secondary N) is 5. The molecule has 0 aromatic carbocycles. The van der Waals surface area contributed by atoms with Crippen LogP contribution in [-0.4, -0.2) is 76.9 Å². The van der Waals surface area contributed by atoms with E-state index in [1.165, 1.54) is 38.5 Å². The number of aromatic nitrogens is 5. The van der Waals surface area contributed by atoms with Gasteiger partial charge in [-0.05, 0) is 71.2 Å². The summed E-state index contributed by atoms with van der Waals surface area (Å²) < 4.78 is 7.27. The molecule has 2 aromatic rings. The minimum absolute atomic E-state index is 0.409. The third-order valence-electron chi connectivity index (χ3n) is 6.93. The van der Waals surface area contributed by atoms with Crippen LogP contribution in [0.15, 0.2) is 12.3 Å². The van der Waals surface area contributed by atoms with Crippen LogP contribution in [0, 0.1) is 0 Å². The van der Waals surface area contributed by atoms with Gasteiger partial charge in [0.15, 0.2) is 0 Å². The van der Waals surface area contributed by atoms with E-state index in [1.807, 2.05) is 16.9 Å². The Morgan fingerprint density at radius 3 is 2.67 bits per heavy atom. The van der Waals surface area contributed by atoms with Gasteiger partial charge < -0.3 is 31.3 Å². The van der Waals surface area contributed by atoms with Crippen molar-refractivity contribution in [3.05, 3.63) is 18.0 Å². The Morgan fingerprint density at radius 2 is 1.83 bits per heavy atom. The first kappa shape index (κ1) is 26.6. The first-order valence-electron chi connectivity index (χ1n) is 13.8. The molecule has 11 nitrogen and oxygen atoms in total. The number of aryl methyl sites for hydroxylation is 1. The van der Waals surface area contributed by atoms with Crippen LogP contribution in [0.5, 0.6) is 5.88 Å². The molecule has 2 fully saturated rings. The second kappa shape index (κ2) is 14.9. The van der Waals surface area contributed by atoms with E-state index in [2.05, 4.69) is 46.9 Å². The Kier molecular flexibility index (Phi) is 11.0. The average Bonchev–Trinajstić information content (AvgIpc) is 3.38. The largest absolute Gasteiger partial charge is 0.481 e. The number of ether oxygens (including phenoxy) is 1. The zero-order chi connectivity index (χ0) is 24.8. The van der Waals surface area contributed by atoms with Crippen molar-refractivity contribution in [2.45, 2.75) is 83.0 Å². The first-order chi connectivity index (χ1) is 17.8. The smallest absolute Gasteiger partial charge is 0.228 e. The Balaban J connectivity index is 1.11. The van der Waals surface area contributed by atoms with Crippen LogP contribution in [0.1, 0.15) is 63.5 Å². The van der Waals surface area contributed by atoms with E-state index >= 15 is 0 Å². The summed E-state index contributed by atoms with van der Waals surface area (Å²) in [6.45, 7) is 6.56. The van der Waals surface area contributed by atoms with Gasteiger partial charge in [-0.2, -0.15) is 9.97 Å². The fourth-order valence-corrected chi connectivity index (χ4v) is 4.87. The second-order valence-corrected chi connectivity index (χ2v) is 9.86. The molecule has 5 N–H and O–H groups in total. The van der Waals surface area contributed by atoms with Crippen molar-refractivity contribution in [3.8, 4) is 5.88 Å². The fourth-order valence-electron chi connectivity index (χ4n) is 4.87. The van der Waals surface area contributed by atoms with E-state index in [1.54, 1.807) is 7.11 Å². The number of hydrogen-bond donors (Lipinski definition) is 5. The van der Waals surface area contributed by atoms with Gasteiger partial charge in [-0.1, -0.05) is 24.5 Å². The zero-order valence-electron chi connectivity index (χ0n) is 21.8. The molecule has 0 spiro atoms. The summed E-state index contributed by atoms with van der Waals surface area (Å²) in [7, 11) is 1.62. The Labute approximate surface area is 215 Å². The average molecular weight is 501 g/mol. The summed E-state index contributed by atoms with van der Waals surface area (Å²) >= 11 is 0. The fraction of sp³-hybridized carbons (Fsp3) is 0.760. The van der Waals surface area contributed by atoms with Crippen LogP contribution in [-0.2, 0) is 13.1 Å². The molecule has 2 aliphatic rings. The molecule has 0 bridgehead atoms. The van der Waals surface area contributed by atoms with Crippen LogP contribution in [0.25, 0.3) is 0 Å². The van der Waals surface area contributed by atoms with E-state index in [9.17, 15) is 0 Å². The Morgan fingerprint density at radius 1 is 1.00 bits per heavy atom. The molecule has 0 amide bonds. The molecule has 1 saturated heterocycles. The highest BCUT2D eigenvalue weighted by molar-refractivity contribution is 5.45. The Bertz CT molecular complexity index is 879. The van der Waals surface area contributed by atoms with Crippen molar-refractivity contribution in [1.82, 2.24) is 40.9 Å². The van der Waals surface area contributed by atoms with E-state index < -0.39 is 0 Å². The van der Waals surface area contributed by atoms with Crippen molar-refractivity contribution < 1.29 is 4.74 Å². The maximum Gasteiger partial charge on any atom is 0.228 e. The minimum Gasteiger partial charge on any atom is -0.481 e. The second-order valence-electron chi connectivity index (χ2n) is 9.86. The lowest BCUT2D eigenvalue weighted by molar-refractivity contribution is 0.371. The highest BCUT2D eigenvalue weighted by atomic mass is 16.5. The number of methoxy groups -OCH3 is 1. The maximum absolute atomic E-state index is 5.37. The van der Waals surface area contributed by atoms with E-state index in [-0.39, 0.29) is 0 Å². The van der Waals surface area contributed by atoms with E-state index in [0.29, 0.717) is 24.4 Å². The predicted molar refractivity (Wildman–Crippen MR) is 142 cm³/mol. The van der Waals surface area contributed by atoms with E-state index in [0.717, 1.165) is 76.1 Å². The van der Waals surface area contributed by atoms with Gasteiger partial charge in [0.1, 0.15) is 11.5 Å². The lowest BCUT2D eigenvalue weighted by atomic mass is 9.95. The SMILES string of the molecule is COc1cc(NC2CCNCC2)nc(NCc2cn(CCCNCCCNC3CCCCC3)nn2)n1. The maximum atomic E-state index is 5.37. The summed E-state index contributed by atoms with van der Waals surface area (Å²) in [6.07, 6.45) is 13.2. The standard InChI is InChI=1S/C25H44N10O/c1-36-24-17-23(30-21-9-14-27-15-10-21)31-25(32-24)29-18-22-19-35(34-33-22)16-6-12-26-11-5-13-28-20-7-3-2-4-8-20/h17,19-21,26-28H,2-16,18H2,1H3,(H2,29,30,31,32). The topological polar surface area (TPSA) is 126 Å². The summed E-state index contributed by atoms with van der Waals surface area (Å²) in [4.78, 5) is 9.03. The van der Waals surface area contributed by atoms with Crippen molar-refractivity contribution in [2.24, 2.45) is 0 Å². The zero-order valence-corrected chi connectivity index (χ0v) is 21.8. The van der Waals surface area contributed by atoms with Gasteiger partial charge in [0.25, 0.3) is 0 Å². The molecule has 2 aromatic heterocycles. The summed E-state index contributed by atoms with van der Waals surface area (Å²) in [6, 6.07) is 3.00. The number of hydrogen-bond acceptors (Lipinski definition) is 10. The van der Waals surface area contributed by atoms with Gasteiger partial charge in [0.2, 0.25) is 11.8 Å². The van der Waals surface area contributed by atoms with Gasteiger partial charge in [-0.3, -0.25) is 4.68 Å². The molecule has 3 heterocycles. The monoisotopic (exact) mass is 500 g/mol. The molecular weight excluding hydrogens is 456 g/mol. The van der Waals surface area contributed by atoms with Crippen molar-refractivity contribution >= 4 is 11.8 Å². The van der Waals surface area contributed by atoms with Crippen LogP contribution >= 0.6 is 0 Å². The lowest BCUT2D eigenvalue weighted by Gasteiger charge is -2.24. The molecule has 1 saturated carbocycles. The molecule has 1 aliphatic heterocycles. The molecule has 0 unspecified atom stereocenters. The lowest BCUT2D eigenvalue weighted by Crippen LogP contribution is -2.35. The number of piperidine rings is 1. The summed E-state index contributed by atoms with van der Waals surface area (Å²) in [5.74, 6) is 1.82. The van der Waals surface area contributed by atoms with Gasteiger partial charge in [0, 0.05) is 24.7 Å². The number of nitrogens with zero attached hydrogens (tertiary/aromatic N) is 5.